The van der Waals surface area contributed by atoms with Crippen molar-refractivity contribution in [1.29, 1.82) is 0 Å². The number of ether oxygens (including phenoxy) is 4. The van der Waals surface area contributed by atoms with Crippen LogP contribution in [0.15, 0.2) is 40.7 Å². The number of aryl methyl sites for hydroxylation is 2. The molecule has 0 saturated carbocycles. The summed E-state index contributed by atoms with van der Waals surface area (Å²) in [5.41, 5.74) is 5.54. The number of nitrogens with one attached hydrogen (secondary N) is 1. The van der Waals surface area contributed by atoms with Gasteiger partial charge in [-0.1, -0.05) is 0 Å². The van der Waals surface area contributed by atoms with Gasteiger partial charge < -0.3 is 23.9 Å². The van der Waals surface area contributed by atoms with Crippen molar-refractivity contribution >= 4 is 11.8 Å². The van der Waals surface area contributed by atoms with Gasteiger partial charge in [-0.15, -0.1) is 0 Å². The molecular formula is C21H24N2O4. The van der Waals surface area contributed by atoms with Gasteiger partial charge in [0.05, 0.1) is 34.2 Å². The highest BCUT2D eigenvalue weighted by atomic mass is 16.5. The lowest BCUT2D eigenvalue weighted by Crippen LogP contribution is -2.03. The first-order chi connectivity index (χ1) is 13.0. The minimum Gasteiger partial charge on any atom is -0.494 e. The fourth-order valence-electron chi connectivity index (χ4n) is 3.16. The Kier molecular flexibility index (Phi) is 5.26. The van der Waals surface area contributed by atoms with Gasteiger partial charge in [-0.05, 0) is 43.7 Å². The maximum absolute atomic E-state index is 5.59. The number of nitrogens with zero attached hydrogens (tertiary/aromatic N) is 1. The van der Waals surface area contributed by atoms with E-state index in [1.807, 2.05) is 31.2 Å². The number of allylic oxidation sites excluding steroid dienone is 1. The quantitative estimate of drug-likeness (QED) is 0.836. The fraction of sp³-hybridized carbons (Fsp3) is 0.286. The second kappa shape index (κ2) is 7.61. The van der Waals surface area contributed by atoms with E-state index in [0.717, 1.165) is 33.9 Å². The molecule has 0 unspecified atom stereocenters. The average Bonchev–Trinajstić information content (AvgIpc) is 3.22. The number of aromatic nitrogens is 1. The number of rotatable bonds is 6. The Morgan fingerprint density at radius 1 is 0.926 bits per heavy atom. The molecule has 1 aromatic carbocycles. The van der Waals surface area contributed by atoms with Crippen LogP contribution in [0, 0.1) is 13.8 Å². The highest BCUT2D eigenvalue weighted by molar-refractivity contribution is 6.14. The number of hydrogen-bond acceptors (Lipinski definition) is 5. The number of benzene rings is 1. The smallest absolute Gasteiger partial charge is 0.203 e. The summed E-state index contributed by atoms with van der Waals surface area (Å²) in [6.45, 7) is 4.09. The molecule has 0 fully saturated rings. The van der Waals surface area contributed by atoms with E-state index in [4.69, 9.17) is 23.9 Å². The molecule has 2 aromatic rings. The predicted octanol–water partition coefficient (Wildman–Crippen LogP) is 4.03. The van der Waals surface area contributed by atoms with E-state index in [-0.39, 0.29) is 0 Å². The third-order valence-corrected chi connectivity index (χ3v) is 4.43. The highest BCUT2D eigenvalue weighted by Gasteiger charge is 2.23. The van der Waals surface area contributed by atoms with Crippen molar-refractivity contribution < 1.29 is 18.9 Å². The third kappa shape index (κ3) is 3.43. The highest BCUT2D eigenvalue weighted by Crippen LogP contribution is 2.41. The molecule has 0 atom stereocenters. The van der Waals surface area contributed by atoms with Gasteiger partial charge in [0, 0.05) is 23.0 Å². The van der Waals surface area contributed by atoms with E-state index < -0.39 is 0 Å². The van der Waals surface area contributed by atoms with Crippen LogP contribution in [0.3, 0.4) is 0 Å². The van der Waals surface area contributed by atoms with Crippen molar-refractivity contribution in [1.82, 2.24) is 4.98 Å². The zero-order chi connectivity index (χ0) is 19.6. The Morgan fingerprint density at radius 2 is 1.67 bits per heavy atom. The van der Waals surface area contributed by atoms with Crippen molar-refractivity contribution in [2.75, 3.05) is 28.4 Å². The van der Waals surface area contributed by atoms with Crippen LogP contribution in [0.25, 0.3) is 6.08 Å². The normalized spacial score (nSPS) is 14.8. The molecule has 0 radical (unpaired) electrons. The number of hydrogen-bond donors (Lipinski definition) is 1. The number of H-pyrrole nitrogens is 1. The minimum atomic E-state index is 0.529. The van der Waals surface area contributed by atoms with Crippen LogP contribution in [0.1, 0.15) is 22.5 Å². The Morgan fingerprint density at radius 3 is 2.22 bits per heavy atom. The maximum atomic E-state index is 5.59. The Bertz CT molecular complexity index is 951. The summed E-state index contributed by atoms with van der Waals surface area (Å²) in [5.74, 6) is 2.38. The molecule has 6 nitrogen and oxygen atoms in total. The molecule has 1 N–H and O–H groups in total. The van der Waals surface area contributed by atoms with Crippen molar-refractivity contribution in [2.24, 2.45) is 4.99 Å². The first-order valence-corrected chi connectivity index (χ1v) is 8.54. The first-order valence-electron chi connectivity index (χ1n) is 8.54. The summed E-state index contributed by atoms with van der Waals surface area (Å²) in [5, 5.41) is 0. The second-order valence-corrected chi connectivity index (χ2v) is 6.17. The van der Waals surface area contributed by atoms with Crippen LogP contribution in [0.2, 0.25) is 0 Å². The summed E-state index contributed by atoms with van der Waals surface area (Å²) < 4.78 is 22.0. The lowest BCUT2D eigenvalue weighted by Gasteiger charge is -2.15. The lowest BCUT2D eigenvalue weighted by molar-refractivity contribution is 0.303. The standard InChI is InChI=1S/C21H24N2O4/c1-12-9-13(2)22-15(12)10-17-19(25-4)11-16(23-17)14-7-8-18(24-3)21(27-6)20(14)26-5/h7-11,22H,1-6H3/b17-10+. The van der Waals surface area contributed by atoms with Crippen LogP contribution in [-0.2, 0) is 4.74 Å². The molecule has 3 rings (SSSR count). The molecule has 6 heteroatoms. The minimum absolute atomic E-state index is 0.529. The van der Waals surface area contributed by atoms with Crippen LogP contribution in [0.4, 0.5) is 0 Å². The molecule has 27 heavy (non-hydrogen) atoms. The Hall–Kier alpha value is -3.15. The molecule has 1 aliphatic heterocycles. The number of aromatic amines is 1. The van der Waals surface area contributed by atoms with E-state index in [9.17, 15) is 0 Å². The average molecular weight is 368 g/mol. The molecule has 1 aliphatic rings. The summed E-state index contributed by atoms with van der Waals surface area (Å²) in [6.07, 6.45) is 3.87. The molecule has 0 spiro atoms. The van der Waals surface area contributed by atoms with Gasteiger partial charge >= 0.3 is 0 Å². The Balaban J connectivity index is 2.10. The van der Waals surface area contributed by atoms with Gasteiger partial charge in [-0.25, -0.2) is 4.99 Å². The molecule has 2 heterocycles. The zero-order valence-corrected chi connectivity index (χ0v) is 16.5. The number of methoxy groups -OCH3 is 4. The van der Waals surface area contributed by atoms with Crippen molar-refractivity contribution in [3.63, 3.8) is 0 Å². The first kappa shape index (κ1) is 18.6. The van der Waals surface area contributed by atoms with Crippen LogP contribution < -0.4 is 14.2 Å². The van der Waals surface area contributed by atoms with Gasteiger partial charge in [0.15, 0.2) is 11.5 Å². The van der Waals surface area contributed by atoms with E-state index >= 15 is 0 Å². The topological polar surface area (TPSA) is 65.1 Å². The van der Waals surface area contributed by atoms with Crippen molar-refractivity contribution in [3.8, 4) is 17.2 Å². The fourth-order valence-corrected chi connectivity index (χ4v) is 3.16. The summed E-state index contributed by atoms with van der Waals surface area (Å²) in [4.78, 5) is 8.10. The van der Waals surface area contributed by atoms with Crippen molar-refractivity contribution in [3.05, 3.63) is 58.2 Å². The SMILES string of the molecule is COC1=CC(c2ccc(OC)c(OC)c2OC)=N/C1=C/c1[nH]c(C)cc1C. The summed E-state index contributed by atoms with van der Waals surface area (Å²) >= 11 is 0. The predicted molar refractivity (Wildman–Crippen MR) is 106 cm³/mol. The molecule has 0 bridgehead atoms. The van der Waals surface area contributed by atoms with Crippen molar-refractivity contribution in [2.45, 2.75) is 13.8 Å². The van der Waals surface area contributed by atoms with Gasteiger partial charge in [0.25, 0.3) is 0 Å². The van der Waals surface area contributed by atoms with Gasteiger partial charge in [0.2, 0.25) is 5.75 Å². The number of aliphatic imine (C=N–C) groups is 1. The molecule has 142 valence electrons. The molecule has 1 aromatic heterocycles. The van der Waals surface area contributed by atoms with E-state index in [2.05, 4.69) is 18.0 Å². The van der Waals surface area contributed by atoms with Crippen LogP contribution in [-0.4, -0.2) is 39.1 Å². The van der Waals surface area contributed by atoms with E-state index in [1.54, 1.807) is 28.4 Å². The van der Waals surface area contributed by atoms with Gasteiger partial charge in [0.1, 0.15) is 11.5 Å². The molecule has 0 saturated heterocycles. The van der Waals surface area contributed by atoms with Gasteiger partial charge in [-0.2, -0.15) is 0 Å². The van der Waals surface area contributed by atoms with Crippen LogP contribution in [0.5, 0.6) is 17.2 Å². The van der Waals surface area contributed by atoms with Crippen LogP contribution >= 0.6 is 0 Å². The third-order valence-electron chi connectivity index (χ3n) is 4.43. The summed E-state index contributed by atoms with van der Waals surface area (Å²) in [7, 11) is 6.41. The maximum Gasteiger partial charge on any atom is 0.203 e. The molecular weight excluding hydrogens is 344 g/mol. The molecule has 0 amide bonds. The monoisotopic (exact) mass is 368 g/mol. The van der Waals surface area contributed by atoms with E-state index in [1.165, 1.54) is 0 Å². The van der Waals surface area contributed by atoms with Gasteiger partial charge in [-0.3, -0.25) is 0 Å². The van der Waals surface area contributed by atoms with E-state index in [0.29, 0.717) is 23.0 Å². The summed E-state index contributed by atoms with van der Waals surface area (Å²) in [6, 6.07) is 5.83. The molecule has 0 aliphatic carbocycles. The second-order valence-electron chi connectivity index (χ2n) is 6.17. The largest absolute Gasteiger partial charge is 0.494 e. The zero-order valence-electron chi connectivity index (χ0n) is 16.5. The Labute approximate surface area is 159 Å². The lowest BCUT2D eigenvalue weighted by atomic mass is 10.1.